The van der Waals surface area contributed by atoms with E-state index in [4.69, 9.17) is 4.74 Å². The van der Waals surface area contributed by atoms with Crippen LogP contribution in [0.3, 0.4) is 0 Å². The summed E-state index contributed by atoms with van der Waals surface area (Å²) in [6, 6.07) is 16.1. The van der Waals surface area contributed by atoms with E-state index >= 15 is 0 Å². The molecule has 5 rings (SSSR count). The van der Waals surface area contributed by atoms with Gasteiger partial charge in [0.05, 0.1) is 23.4 Å². The summed E-state index contributed by atoms with van der Waals surface area (Å²) < 4.78 is 5.52. The van der Waals surface area contributed by atoms with Crippen LogP contribution in [0.25, 0.3) is 0 Å². The van der Waals surface area contributed by atoms with Crippen molar-refractivity contribution in [3.05, 3.63) is 60.2 Å². The first-order chi connectivity index (χ1) is 16.4. The summed E-state index contributed by atoms with van der Waals surface area (Å²) in [5, 5.41) is 0. The predicted octanol–water partition coefficient (Wildman–Crippen LogP) is 3.57. The lowest BCUT2D eigenvalue weighted by molar-refractivity contribution is -0.139. The zero-order chi connectivity index (χ0) is 23.8. The van der Waals surface area contributed by atoms with Crippen molar-refractivity contribution in [1.29, 1.82) is 0 Å². The number of esters is 1. The van der Waals surface area contributed by atoms with Crippen LogP contribution in [-0.4, -0.2) is 35.1 Å². The van der Waals surface area contributed by atoms with Crippen molar-refractivity contribution in [2.45, 2.75) is 39.2 Å². The molecule has 0 bridgehead atoms. The van der Waals surface area contributed by atoms with E-state index in [1.165, 1.54) is 4.90 Å². The van der Waals surface area contributed by atoms with Crippen LogP contribution < -0.4 is 9.64 Å². The number of rotatable bonds is 5. The van der Waals surface area contributed by atoms with Crippen LogP contribution in [0, 0.1) is 23.7 Å². The van der Waals surface area contributed by atoms with Crippen molar-refractivity contribution in [2.24, 2.45) is 23.7 Å². The highest BCUT2D eigenvalue weighted by Crippen LogP contribution is 2.42. The minimum atomic E-state index is -0.525. The van der Waals surface area contributed by atoms with Crippen molar-refractivity contribution in [3.63, 3.8) is 0 Å². The van der Waals surface area contributed by atoms with Crippen molar-refractivity contribution < 1.29 is 23.9 Å². The van der Waals surface area contributed by atoms with Crippen LogP contribution in [0.2, 0.25) is 0 Å². The highest BCUT2D eigenvalue weighted by molar-refractivity contribution is 6.22. The lowest BCUT2D eigenvalue weighted by atomic mass is 9.76. The van der Waals surface area contributed by atoms with Crippen molar-refractivity contribution in [1.82, 2.24) is 4.90 Å². The first-order valence-electron chi connectivity index (χ1n) is 11.9. The Morgan fingerprint density at radius 1 is 0.941 bits per heavy atom. The molecule has 0 spiro atoms. The number of hydrogen-bond acceptors (Lipinski definition) is 5. The highest BCUT2D eigenvalue weighted by Gasteiger charge is 2.50. The van der Waals surface area contributed by atoms with E-state index in [0.717, 1.165) is 24.8 Å². The summed E-state index contributed by atoms with van der Waals surface area (Å²) in [5.41, 5.74) is 1.52. The number of anilines is 1. The van der Waals surface area contributed by atoms with E-state index in [0.29, 0.717) is 30.4 Å². The molecule has 3 aliphatic rings. The maximum absolute atomic E-state index is 12.9. The molecule has 34 heavy (non-hydrogen) atoms. The molecule has 2 saturated heterocycles. The Hall–Kier alpha value is -3.48. The number of carbonyl (C=O) groups is 4. The van der Waals surface area contributed by atoms with E-state index < -0.39 is 11.9 Å². The average molecular weight is 461 g/mol. The van der Waals surface area contributed by atoms with Crippen LogP contribution in [0.15, 0.2) is 54.6 Å². The highest BCUT2D eigenvalue weighted by atomic mass is 16.5. The van der Waals surface area contributed by atoms with Crippen molar-refractivity contribution in [2.75, 3.05) is 11.4 Å². The molecular weight excluding hydrogens is 432 g/mol. The zero-order valence-electron chi connectivity index (χ0n) is 19.2. The van der Waals surface area contributed by atoms with Crippen LogP contribution in [0.5, 0.6) is 5.75 Å². The van der Waals surface area contributed by atoms with Crippen molar-refractivity contribution >= 4 is 29.4 Å². The van der Waals surface area contributed by atoms with Crippen LogP contribution >= 0.6 is 0 Å². The van der Waals surface area contributed by atoms with Gasteiger partial charge in [-0.05, 0) is 55.0 Å². The first-order valence-corrected chi connectivity index (χ1v) is 11.9. The Morgan fingerprint density at radius 3 is 2.38 bits per heavy atom. The molecule has 0 aromatic heterocycles. The van der Waals surface area contributed by atoms with Gasteiger partial charge in [0.1, 0.15) is 5.75 Å². The Balaban J connectivity index is 1.21. The van der Waals surface area contributed by atoms with Crippen LogP contribution in [-0.2, 0) is 25.7 Å². The summed E-state index contributed by atoms with van der Waals surface area (Å²) in [7, 11) is 0. The fraction of sp³-hybridized carbons (Fsp3) is 0.407. The van der Waals surface area contributed by atoms with Gasteiger partial charge in [-0.25, -0.2) is 0 Å². The van der Waals surface area contributed by atoms with Gasteiger partial charge in [-0.1, -0.05) is 37.3 Å². The Bertz CT molecular complexity index is 1110. The van der Waals surface area contributed by atoms with E-state index in [2.05, 4.69) is 6.92 Å². The number of ether oxygens (including phenoxy) is 1. The molecule has 0 N–H and O–H groups in total. The molecule has 7 nitrogen and oxygen atoms in total. The van der Waals surface area contributed by atoms with E-state index in [-0.39, 0.29) is 36.0 Å². The topological polar surface area (TPSA) is 84.0 Å². The summed E-state index contributed by atoms with van der Waals surface area (Å²) in [6.45, 7) is 2.91. The van der Waals surface area contributed by atoms with Gasteiger partial charge in [-0.3, -0.25) is 24.1 Å². The molecule has 2 aromatic carbocycles. The number of hydrogen-bond donors (Lipinski definition) is 0. The standard InChI is InChI=1S/C27H28N2O5/c1-17-7-12-22-23(13-17)26(32)29(25(22)31)20-8-10-21(11-9-20)34-27(33)19-14-24(30)28(16-19)15-18-5-3-2-4-6-18/h2-6,8-11,17,19,22-23H,7,12-16H2,1H3/t17-,19-,22+,23+/m1/s1. The maximum atomic E-state index is 12.9. The molecule has 176 valence electrons. The Labute approximate surface area is 198 Å². The smallest absolute Gasteiger partial charge is 0.316 e. The van der Waals surface area contributed by atoms with Gasteiger partial charge in [0, 0.05) is 19.5 Å². The summed E-state index contributed by atoms with van der Waals surface area (Å²) in [6.07, 6.45) is 2.60. The molecule has 1 aliphatic carbocycles. The normalized spacial score (nSPS) is 26.7. The van der Waals surface area contributed by atoms with Crippen LogP contribution in [0.1, 0.15) is 38.2 Å². The van der Waals surface area contributed by atoms with Gasteiger partial charge in [-0.2, -0.15) is 0 Å². The largest absolute Gasteiger partial charge is 0.426 e. The minimum absolute atomic E-state index is 0.0667. The monoisotopic (exact) mass is 460 g/mol. The molecule has 3 amide bonds. The van der Waals surface area contributed by atoms with E-state index in [1.807, 2.05) is 30.3 Å². The van der Waals surface area contributed by atoms with Crippen molar-refractivity contribution in [3.8, 4) is 5.75 Å². The molecular formula is C27H28N2O5. The molecule has 4 atom stereocenters. The summed E-state index contributed by atoms with van der Waals surface area (Å²) in [5.74, 6) is -0.981. The van der Waals surface area contributed by atoms with Gasteiger partial charge >= 0.3 is 5.97 Å². The third-order valence-electron chi connectivity index (χ3n) is 7.27. The fourth-order valence-corrected chi connectivity index (χ4v) is 5.39. The SMILES string of the molecule is C[C@@H]1CC[C@@H]2C(=O)N(c3ccc(OC(=O)[C@@H]4CC(=O)N(Cc5ccccc5)C4)cc3)C(=O)[C@H]2C1. The summed E-state index contributed by atoms with van der Waals surface area (Å²) in [4.78, 5) is 53.8. The van der Waals surface area contributed by atoms with Gasteiger partial charge < -0.3 is 9.64 Å². The molecule has 1 saturated carbocycles. The second kappa shape index (κ2) is 9.05. The van der Waals surface area contributed by atoms with Gasteiger partial charge in [0.25, 0.3) is 0 Å². The molecule has 7 heteroatoms. The molecule has 2 aliphatic heterocycles. The molecule has 2 aromatic rings. The number of likely N-dealkylation sites (tertiary alicyclic amines) is 1. The third-order valence-corrected chi connectivity index (χ3v) is 7.27. The second-order valence-electron chi connectivity index (χ2n) is 9.72. The number of imide groups is 1. The lowest BCUT2D eigenvalue weighted by Crippen LogP contribution is -2.30. The fourth-order valence-electron chi connectivity index (χ4n) is 5.39. The predicted molar refractivity (Wildman–Crippen MR) is 125 cm³/mol. The molecule has 0 unspecified atom stereocenters. The zero-order valence-corrected chi connectivity index (χ0v) is 19.2. The number of benzene rings is 2. The Morgan fingerprint density at radius 2 is 1.65 bits per heavy atom. The summed E-state index contributed by atoms with van der Waals surface area (Å²) >= 11 is 0. The number of nitrogens with zero attached hydrogens (tertiary/aromatic N) is 2. The molecule has 2 heterocycles. The first kappa shape index (κ1) is 22.3. The third kappa shape index (κ3) is 4.22. The Kier molecular flexibility index (Phi) is 5.94. The second-order valence-corrected chi connectivity index (χ2v) is 9.72. The van der Waals surface area contributed by atoms with Gasteiger partial charge in [0.15, 0.2) is 0 Å². The van der Waals surface area contributed by atoms with E-state index in [9.17, 15) is 19.2 Å². The quantitative estimate of drug-likeness (QED) is 0.387. The molecule has 3 fully saturated rings. The minimum Gasteiger partial charge on any atom is -0.426 e. The average Bonchev–Trinajstić information content (AvgIpc) is 3.32. The van der Waals surface area contributed by atoms with Gasteiger partial charge in [0.2, 0.25) is 17.7 Å². The van der Waals surface area contributed by atoms with E-state index in [1.54, 1.807) is 29.2 Å². The maximum Gasteiger partial charge on any atom is 0.316 e. The van der Waals surface area contributed by atoms with Gasteiger partial charge in [-0.15, -0.1) is 0 Å². The van der Waals surface area contributed by atoms with Crippen LogP contribution in [0.4, 0.5) is 5.69 Å². The lowest BCUT2D eigenvalue weighted by Gasteiger charge is -2.25. The number of amides is 3. The number of fused-ring (bicyclic) bond motifs is 1. The number of carbonyl (C=O) groups excluding carboxylic acids is 4. The molecule has 0 radical (unpaired) electrons.